The fraction of sp³-hybridized carbons (Fsp3) is 0.276. The molecule has 1 aliphatic heterocycles. The Hall–Kier alpha value is -3.56. The number of benzene rings is 2. The van der Waals surface area contributed by atoms with Crippen LogP contribution in [0.2, 0.25) is 0 Å². The van der Waals surface area contributed by atoms with Gasteiger partial charge in [-0.3, -0.25) is 9.36 Å². The first-order chi connectivity index (χ1) is 18.3. The fourth-order valence-electron chi connectivity index (χ4n) is 4.39. The summed E-state index contributed by atoms with van der Waals surface area (Å²) in [6, 6.07) is 10.7. The molecule has 198 valence electrons. The van der Waals surface area contributed by atoms with Crippen LogP contribution in [0, 0.1) is 0 Å². The highest BCUT2D eigenvalue weighted by atomic mass is 32.2. The fourth-order valence-corrected chi connectivity index (χ4v) is 5.85. The number of thiazole rings is 1. The number of allylic oxidation sites excluding steroid dienone is 2. The predicted octanol–water partition coefficient (Wildman–Crippen LogP) is 4.35. The molecule has 9 heteroatoms. The average Bonchev–Trinajstić information content (AvgIpc) is 3.20. The molecule has 0 saturated heterocycles. The lowest BCUT2D eigenvalue weighted by Crippen LogP contribution is -2.39. The topological polar surface area (TPSA) is 90.1 Å². The van der Waals surface area contributed by atoms with Gasteiger partial charge < -0.3 is 14.6 Å². The molecule has 1 aliphatic rings. The van der Waals surface area contributed by atoms with E-state index in [-0.39, 0.29) is 17.9 Å². The van der Waals surface area contributed by atoms with E-state index in [4.69, 9.17) is 9.47 Å². The van der Waals surface area contributed by atoms with Gasteiger partial charge in [0.1, 0.15) is 0 Å². The van der Waals surface area contributed by atoms with Crippen LogP contribution < -0.4 is 19.6 Å². The molecule has 0 radical (unpaired) electrons. The molecule has 7 nitrogen and oxygen atoms in total. The van der Waals surface area contributed by atoms with Crippen LogP contribution in [0.4, 0.5) is 0 Å². The molecule has 1 atom stereocenters. The summed E-state index contributed by atoms with van der Waals surface area (Å²) in [5.41, 5.74) is 2.75. The first kappa shape index (κ1) is 27.5. The summed E-state index contributed by atoms with van der Waals surface area (Å²) in [5.74, 6) is -0.0808. The molecule has 4 rings (SSSR count). The Balaban J connectivity index is 1.93. The van der Waals surface area contributed by atoms with Gasteiger partial charge in [0, 0.05) is 10.5 Å². The van der Waals surface area contributed by atoms with Gasteiger partial charge in [-0.1, -0.05) is 29.5 Å². The number of esters is 1. The largest absolute Gasteiger partial charge is 0.504 e. The van der Waals surface area contributed by atoms with Crippen LogP contribution in [0.1, 0.15) is 43.5 Å². The van der Waals surface area contributed by atoms with Crippen molar-refractivity contribution in [3.63, 3.8) is 0 Å². The standard InChI is InChI=1S/C29H30N2O5S2/c1-6-9-20-14-18(15-22(26(20)32)35-7-2)16-23-27(33)31-25(19-10-12-21(37-5)13-11-19)24(28(34)36-8-3)17(4)30-29(31)38-23/h6,10-16,25,32H,1,7-9H2,2-5H3/b23-16+/t25-/m1/s1. The lowest BCUT2D eigenvalue weighted by atomic mass is 9.96. The summed E-state index contributed by atoms with van der Waals surface area (Å²) < 4.78 is 13.0. The summed E-state index contributed by atoms with van der Waals surface area (Å²) in [4.78, 5) is 33.1. The van der Waals surface area contributed by atoms with Crippen LogP contribution in [0.3, 0.4) is 0 Å². The van der Waals surface area contributed by atoms with E-state index in [1.807, 2.05) is 43.5 Å². The number of ether oxygens (including phenoxy) is 2. The zero-order valence-corrected chi connectivity index (χ0v) is 23.4. The van der Waals surface area contributed by atoms with Crippen molar-refractivity contribution in [2.24, 2.45) is 4.99 Å². The third-order valence-corrected chi connectivity index (χ3v) is 7.81. The lowest BCUT2D eigenvalue weighted by Gasteiger charge is -2.24. The van der Waals surface area contributed by atoms with Gasteiger partial charge in [0.25, 0.3) is 5.56 Å². The van der Waals surface area contributed by atoms with Crippen LogP contribution in [0.25, 0.3) is 6.08 Å². The summed E-state index contributed by atoms with van der Waals surface area (Å²) in [6.45, 7) is 9.72. The van der Waals surface area contributed by atoms with Crippen molar-refractivity contribution in [3.05, 3.63) is 96.7 Å². The first-order valence-corrected chi connectivity index (χ1v) is 14.3. The molecular weight excluding hydrogens is 520 g/mol. The normalized spacial score (nSPS) is 15.2. The van der Waals surface area contributed by atoms with Crippen LogP contribution in [-0.4, -0.2) is 35.1 Å². The maximum absolute atomic E-state index is 13.9. The number of thioether (sulfide) groups is 1. The number of fused-ring (bicyclic) bond motifs is 1. The second-order valence-electron chi connectivity index (χ2n) is 8.53. The second-order valence-corrected chi connectivity index (χ2v) is 10.4. The third-order valence-electron chi connectivity index (χ3n) is 6.09. The van der Waals surface area contributed by atoms with Gasteiger partial charge in [-0.25, -0.2) is 9.79 Å². The Labute approximate surface area is 229 Å². The number of aromatic hydroxyl groups is 1. The number of carbonyl (C=O) groups excluding carboxylic acids is 1. The molecule has 0 aliphatic carbocycles. The highest BCUT2D eigenvalue weighted by Crippen LogP contribution is 2.33. The molecule has 0 amide bonds. The van der Waals surface area contributed by atoms with E-state index < -0.39 is 12.0 Å². The lowest BCUT2D eigenvalue weighted by molar-refractivity contribution is -0.139. The minimum absolute atomic E-state index is 0.0637. The maximum Gasteiger partial charge on any atom is 0.338 e. The second kappa shape index (κ2) is 11.9. The number of rotatable bonds is 9. The van der Waals surface area contributed by atoms with E-state index >= 15 is 0 Å². The minimum Gasteiger partial charge on any atom is -0.504 e. The predicted molar refractivity (Wildman–Crippen MR) is 152 cm³/mol. The monoisotopic (exact) mass is 550 g/mol. The Morgan fingerprint density at radius 3 is 2.61 bits per heavy atom. The Kier molecular flexibility index (Phi) is 8.58. The van der Waals surface area contributed by atoms with E-state index in [0.29, 0.717) is 50.5 Å². The minimum atomic E-state index is -0.668. The van der Waals surface area contributed by atoms with Crippen molar-refractivity contribution in [2.75, 3.05) is 19.5 Å². The van der Waals surface area contributed by atoms with Crippen LogP contribution in [-0.2, 0) is 16.0 Å². The Morgan fingerprint density at radius 2 is 1.97 bits per heavy atom. The van der Waals surface area contributed by atoms with Gasteiger partial charge >= 0.3 is 5.97 Å². The molecule has 0 unspecified atom stereocenters. The van der Waals surface area contributed by atoms with E-state index in [0.717, 1.165) is 10.5 Å². The molecule has 38 heavy (non-hydrogen) atoms. The molecule has 1 N–H and O–H groups in total. The SMILES string of the molecule is C=CCc1cc(/C=c2/sc3n(c2=O)[C@H](c2ccc(SC)cc2)C(C(=O)OCC)=C(C)N=3)cc(OCC)c1O. The van der Waals surface area contributed by atoms with Crippen LogP contribution in [0.5, 0.6) is 11.5 Å². The molecule has 2 aromatic carbocycles. The van der Waals surface area contributed by atoms with Crippen molar-refractivity contribution >= 4 is 35.1 Å². The summed E-state index contributed by atoms with van der Waals surface area (Å²) in [7, 11) is 0. The molecule has 2 heterocycles. The van der Waals surface area contributed by atoms with E-state index in [2.05, 4.69) is 11.6 Å². The highest BCUT2D eigenvalue weighted by Gasteiger charge is 2.33. The van der Waals surface area contributed by atoms with Gasteiger partial charge in [-0.05, 0) is 74.9 Å². The molecule has 3 aromatic rings. The number of phenols is 1. The Bertz CT molecular complexity index is 1580. The van der Waals surface area contributed by atoms with Crippen molar-refractivity contribution in [1.29, 1.82) is 0 Å². The van der Waals surface area contributed by atoms with Crippen molar-refractivity contribution < 1.29 is 19.4 Å². The van der Waals surface area contributed by atoms with Crippen LogP contribution >= 0.6 is 23.1 Å². The Morgan fingerprint density at radius 1 is 1.24 bits per heavy atom. The molecule has 0 fully saturated rings. The average molecular weight is 551 g/mol. The summed E-state index contributed by atoms with van der Waals surface area (Å²) in [6.07, 6.45) is 5.90. The zero-order valence-electron chi connectivity index (χ0n) is 21.8. The van der Waals surface area contributed by atoms with Gasteiger partial charge in [0.05, 0.1) is 35.1 Å². The number of phenolic OH excluding ortho intramolecular Hbond substituents is 1. The first-order valence-electron chi connectivity index (χ1n) is 12.3. The van der Waals surface area contributed by atoms with Gasteiger partial charge in [0.2, 0.25) is 0 Å². The van der Waals surface area contributed by atoms with Crippen molar-refractivity contribution in [3.8, 4) is 11.5 Å². The number of nitrogens with zero attached hydrogens (tertiary/aromatic N) is 2. The molecule has 0 bridgehead atoms. The quantitative estimate of drug-likeness (QED) is 0.242. The third kappa shape index (κ3) is 5.35. The van der Waals surface area contributed by atoms with E-state index in [9.17, 15) is 14.7 Å². The van der Waals surface area contributed by atoms with Crippen molar-refractivity contribution in [1.82, 2.24) is 4.57 Å². The smallest absolute Gasteiger partial charge is 0.338 e. The molecule has 0 saturated carbocycles. The maximum atomic E-state index is 13.9. The molecule has 1 aromatic heterocycles. The van der Waals surface area contributed by atoms with Gasteiger partial charge in [0.15, 0.2) is 16.3 Å². The highest BCUT2D eigenvalue weighted by molar-refractivity contribution is 7.98. The summed E-state index contributed by atoms with van der Waals surface area (Å²) >= 11 is 2.87. The molecule has 0 spiro atoms. The van der Waals surface area contributed by atoms with Gasteiger partial charge in [-0.2, -0.15) is 0 Å². The number of hydrogen-bond acceptors (Lipinski definition) is 8. The van der Waals surface area contributed by atoms with E-state index in [1.165, 1.54) is 11.3 Å². The van der Waals surface area contributed by atoms with E-state index in [1.54, 1.807) is 48.4 Å². The van der Waals surface area contributed by atoms with Crippen molar-refractivity contribution in [2.45, 2.75) is 38.1 Å². The molecular formula is C29H30N2O5S2. The zero-order chi connectivity index (χ0) is 27.4. The number of carbonyl (C=O) groups is 1. The number of hydrogen-bond donors (Lipinski definition) is 1. The van der Waals surface area contributed by atoms with Gasteiger partial charge in [-0.15, -0.1) is 18.3 Å². The summed E-state index contributed by atoms with van der Waals surface area (Å²) in [5, 5.41) is 10.6. The number of aromatic nitrogens is 1. The van der Waals surface area contributed by atoms with Crippen LogP contribution in [0.15, 0.2) is 75.0 Å².